The lowest BCUT2D eigenvalue weighted by Gasteiger charge is -2.34. The van der Waals surface area contributed by atoms with Gasteiger partial charge in [-0.1, -0.05) is 18.2 Å². The summed E-state index contributed by atoms with van der Waals surface area (Å²) < 4.78 is 0. The van der Waals surface area contributed by atoms with E-state index >= 15 is 0 Å². The highest BCUT2D eigenvalue weighted by Crippen LogP contribution is 2.34. The minimum absolute atomic E-state index is 0.0620. The zero-order valence-corrected chi connectivity index (χ0v) is 18.2. The van der Waals surface area contributed by atoms with E-state index in [0.717, 1.165) is 16.2 Å². The van der Waals surface area contributed by atoms with Crippen LogP contribution >= 0.6 is 0 Å². The number of benzene rings is 2. The number of piperidine rings is 1. The first-order valence-electron chi connectivity index (χ1n) is 11.0. The maximum atomic E-state index is 13.2. The van der Waals surface area contributed by atoms with E-state index in [9.17, 15) is 24.3 Å². The molecular weight excluding hydrogens is 424 g/mol. The summed E-state index contributed by atoms with van der Waals surface area (Å²) >= 11 is 0. The number of anilines is 2. The number of fused-ring (bicyclic) bond motifs is 1. The summed E-state index contributed by atoms with van der Waals surface area (Å²) in [5.74, 6) is -1.28. The summed E-state index contributed by atoms with van der Waals surface area (Å²) in [6.07, 6.45) is 0.325. The third kappa shape index (κ3) is 3.36. The number of nitrogens with zero attached hydrogens (tertiary/aromatic N) is 4. The zero-order chi connectivity index (χ0) is 23.3. The maximum absolute atomic E-state index is 13.2. The Morgan fingerprint density at radius 2 is 1.76 bits per heavy atom. The number of aliphatic hydroxyl groups excluding tert-OH is 1. The molecule has 0 aromatic heterocycles. The van der Waals surface area contributed by atoms with Crippen molar-refractivity contribution < 1.29 is 24.3 Å². The van der Waals surface area contributed by atoms with Crippen LogP contribution in [0, 0.1) is 0 Å². The Morgan fingerprint density at radius 3 is 2.48 bits per heavy atom. The van der Waals surface area contributed by atoms with E-state index in [-0.39, 0.29) is 37.4 Å². The summed E-state index contributed by atoms with van der Waals surface area (Å²) in [6, 6.07) is 13.8. The number of imide groups is 1. The molecule has 33 heavy (non-hydrogen) atoms. The number of para-hydroxylation sites is 1. The van der Waals surface area contributed by atoms with Crippen LogP contribution in [0.1, 0.15) is 35.7 Å². The van der Waals surface area contributed by atoms with E-state index in [0.29, 0.717) is 17.8 Å². The van der Waals surface area contributed by atoms with Gasteiger partial charge in [0, 0.05) is 36.4 Å². The zero-order valence-electron chi connectivity index (χ0n) is 18.2. The van der Waals surface area contributed by atoms with E-state index in [4.69, 9.17) is 0 Å². The lowest BCUT2D eigenvalue weighted by atomic mass is 10.0. The Labute approximate surface area is 190 Å². The minimum atomic E-state index is -0.792. The molecule has 2 fully saturated rings. The van der Waals surface area contributed by atoms with E-state index in [1.807, 2.05) is 43.3 Å². The molecule has 9 heteroatoms. The molecule has 9 nitrogen and oxygen atoms in total. The fourth-order valence-electron chi connectivity index (χ4n) is 4.92. The molecular formula is C24H24N4O5. The molecule has 5 amide bonds. The molecule has 0 spiro atoms. The van der Waals surface area contributed by atoms with Crippen LogP contribution in [0.2, 0.25) is 0 Å². The third-order valence-corrected chi connectivity index (χ3v) is 6.59. The topological polar surface area (TPSA) is 101 Å². The van der Waals surface area contributed by atoms with Gasteiger partial charge in [0.2, 0.25) is 5.91 Å². The van der Waals surface area contributed by atoms with Crippen molar-refractivity contribution in [3.05, 3.63) is 59.7 Å². The van der Waals surface area contributed by atoms with Crippen molar-refractivity contribution in [2.24, 2.45) is 0 Å². The number of hydrogen-bond acceptors (Lipinski definition) is 5. The molecule has 170 valence electrons. The van der Waals surface area contributed by atoms with Crippen molar-refractivity contribution in [1.82, 2.24) is 9.80 Å². The van der Waals surface area contributed by atoms with Crippen LogP contribution in [0.15, 0.2) is 48.5 Å². The van der Waals surface area contributed by atoms with Crippen molar-refractivity contribution in [1.29, 1.82) is 0 Å². The minimum Gasteiger partial charge on any atom is -0.376 e. The normalized spacial score (nSPS) is 23.1. The molecule has 2 aromatic rings. The van der Waals surface area contributed by atoms with Gasteiger partial charge in [0.25, 0.3) is 11.8 Å². The van der Waals surface area contributed by atoms with Crippen LogP contribution in [0.4, 0.5) is 16.2 Å². The first-order valence-corrected chi connectivity index (χ1v) is 11.0. The lowest BCUT2D eigenvalue weighted by molar-refractivity contribution is -0.156. The first-order chi connectivity index (χ1) is 15.9. The van der Waals surface area contributed by atoms with Crippen molar-refractivity contribution in [2.75, 3.05) is 23.1 Å². The standard InChI is InChI=1S/C24H24N4O5/c1-15-12-25(17-5-3-2-4-6-17)24(33)28(15)18-7-8-19-16(11-18)13-26(22(19)31)20-9-10-21(30)27(14-29)23(20)32/h2-8,11,15,20,29H,9-10,12-14H2,1H3. The van der Waals surface area contributed by atoms with Gasteiger partial charge >= 0.3 is 6.03 Å². The van der Waals surface area contributed by atoms with Gasteiger partial charge in [-0.25, -0.2) is 4.79 Å². The predicted molar refractivity (Wildman–Crippen MR) is 119 cm³/mol. The average molecular weight is 448 g/mol. The first kappa shape index (κ1) is 21.1. The van der Waals surface area contributed by atoms with E-state index < -0.39 is 24.6 Å². The van der Waals surface area contributed by atoms with Gasteiger partial charge in [0.15, 0.2) is 0 Å². The fourth-order valence-corrected chi connectivity index (χ4v) is 4.92. The quantitative estimate of drug-likeness (QED) is 0.721. The molecule has 5 rings (SSSR count). The second kappa shape index (κ2) is 8.00. The Kier molecular flexibility index (Phi) is 5.13. The van der Waals surface area contributed by atoms with Gasteiger partial charge < -0.3 is 10.0 Å². The summed E-state index contributed by atoms with van der Waals surface area (Å²) in [6.45, 7) is 2.05. The van der Waals surface area contributed by atoms with Gasteiger partial charge in [-0.15, -0.1) is 0 Å². The predicted octanol–water partition coefficient (Wildman–Crippen LogP) is 1.94. The van der Waals surface area contributed by atoms with Gasteiger partial charge in [0.05, 0.1) is 6.04 Å². The highest BCUT2D eigenvalue weighted by molar-refractivity contribution is 6.08. The number of carbonyl (C=O) groups is 4. The van der Waals surface area contributed by atoms with Crippen LogP contribution in [-0.2, 0) is 16.1 Å². The number of likely N-dealkylation sites (tertiary alicyclic amines) is 1. The number of carbonyl (C=O) groups excluding carboxylic acids is 4. The molecule has 0 radical (unpaired) electrons. The van der Waals surface area contributed by atoms with Crippen LogP contribution in [-0.4, -0.2) is 64.0 Å². The molecule has 0 aliphatic carbocycles. The number of hydrogen-bond donors (Lipinski definition) is 1. The Bertz CT molecular complexity index is 1150. The van der Waals surface area contributed by atoms with Crippen LogP contribution in [0.25, 0.3) is 0 Å². The van der Waals surface area contributed by atoms with Gasteiger partial charge in [-0.2, -0.15) is 0 Å². The SMILES string of the molecule is CC1CN(c2ccccc2)C(=O)N1c1ccc2c(c1)CN(C1CCC(=O)N(CO)C1=O)C2=O. The second-order valence-corrected chi connectivity index (χ2v) is 8.58. The van der Waals surface area contributed by atoms with Gasteiger partial charge in [0.1, 0.15) is 12.8 Å². The molecule has 3 heterocycles. The van der Waals surface area contributed by atoms with Crippen LogP contribution in [0.3, 0.4) is 0 Å². The Hall–Kier alpha value is -3.72. The van der Waals surface area contributed by atoms with E-state index in [2.05, 4.69) is 0 Å². The Morgan fingerprint density at radius 1 is 1.00 bits per heavy atom. The highest BCUT2D eigenvalue weighted by atomic mass is 16.3. The molecule has 2 atom stereocenters. The number of aliphatic hydroxyl groups is 1. The maximum Gasteiger partial charge on any atom is 0.329 e. The largest absolute Gasteiger partial charge is 0.376 e. The molecule has 2 unspecified atom stereocenters. The van der Waals surface area contributed by atoms with Gasteiger partial charge in [-0.3, -0.25) is 29.1 Å². The smallest absolute Gasteiger partial charge is 0.329 e. The summed E-state index contributed by atoms with van der Waals surface area (Å²) in [7, 11) is 0. The van der Waals surface area contributed by atoms with Crippen LogP contribution < -0.4 is 9.80 Å². The lowest BCUT2D eigenvalue weighted by Crippen LogP contribution is -2.54. The number of amides is 5. The molecule has 3 aliphatic rings. The summed E-state index contributed by atoms with van der Waals surface area (Å²) in [5.41, 5.74) is 2.74. The average Bonchev–Trinajstić information content (AvgIpc) is 3.30. The molecule has 2 saturated heterocycles. The molecule has 0 bridgehead atoms. The highest BCUT2D eigenvalue weighted by Gasteiger charge is 2.43. The van der Waals surface area contributed by atoms with E-state index in [1.165, 1.54) is 4.90 Å². The van der Waals surface area contributed by atoms with Gasteiger partial charge in [-0.05, 0) is 49.2 Å². The number of urea groups is 1. The van der Waals surface area contributed by atoms with Crippen molar-refractivity contribution in [3.8, 4) is 0 Å². The molecule has 3 aliphatic heterocycles. The fraction of sp³-hybridized carbons (Fsp3) is 0.333. The van der Waals surface area contributed by atoms with Crippen molar-refractivity contribution in [3.63, 3.8) is 0 Å². The third-order valence-electron chi connectivity index (χ3n) is 6.59. The molecule has 0 saturated carbocycles. The van der Waals surface area contributed by atoms with E-state index in [1.54, 1.807) is 21.9 Å². The number of rotatable bonds is 4. The molecule has 1 N–H and O–H groups in total. The van der Waals surface area contributed by atoms with Crippen molar-refractivity contribution >= 4 is 35.1 Å². The second-order valence-electron chi connectivity index (χ2n) is 8.58. The monoisotopic (exact) mass is 448 g/mol. The Balaban J connectivity index is 1.39. The van der Waals surface area contributed by atoms with Crippen LogP contribution in [0.5, 0.6) is 0 Å². The van der Waals surface area contributed by atoms with Crippen molar-refractivity contribution in [2.45, 2.75) is 38.4 Å². The summed E-state index contributed by atoms with van der Waals surface area (Å²) in [5, 5.41) is 9.38. The molecule has 2 aromatic carbocycles. The summed E-state index contributed by atoms with van der Waals surface area (Å²) in [4.78, 5) is 56.5.